The second-order valence-corrected chi connectivity index (χ2v) is 8.88. The zero-order valence-corrected chi connectivity index (χ0v) is 21.4. The van der Waals surface area contributed by atoms with E-state index in [2.05, 4.69) is 47.0 Å². The van der Waals surface area contributed by atoms with Crippen LogP contribution in [0.3, 0.4) is 0 Å². The molecule has 2 aromatic rings. The summed E-state index contributed by atoms with van der Waals surface area (Å²) in [6, 6.07) is 0.587. The summed E-state index contributed by atoms with van der Waals surface area (Å²) >= 11 is 3.40. The van der Waals surface area contributed by atoms with Gasteiger partial charge in [0.2, 0.25) is 0 Å². The predicted molar refractivity (Wildman–Crippen MR) is 133 cm³/mol. The van der Waals surface area contributed by atoms with E-state index in [-0.39, 0.29) is 24.0 Å². The molecular formula is C19H32IN7S2. The van der Waals surface area contributed by atoms with E-state index in [4.69, 9.17) is 0 Å². The molecule has 3 rings (SSSR count). The van der Waals surface area contributed by atoms with Crippen molar-refractivity contribution in [3.05, 3.63) is 21.9 Å². The van der Waals surface area contributed by atoms with Gasteiger partial charge in [-0.05, 0) is 32.4 Å². The second-order valence-electron chi connectivity index (χ2n) is 7.05. The first-order valence-corrected chi connectivity index (χ1v) is 12.1. The number of hydrogen-bond acceptors (Lipinski definition) is 6. The zero-order valence-electron chi connectivity index (χ0n) is 17.5. The molecule has 0 aromatic carbocycles. The lowest BCUT2D eigenvalue weighted by molar-refractivity contribution is 0.460. The van der Waals surface area contributed by atoms with Gasteiger partial charge in [0.25, 0.3) is 0 Å². The fraction of sp³-hybridized carbons (Fsp3) is 0.684. The molecule has 0 spiro atoms. The minimum Gasteiger partial charge on any atom is -0.356 e. The molecule has 0 radical (unpaired) electrons. The van der Waals surface area contributed by atoms with Crippen LogP contribution >= 0.6 is 47.1 Å². The van der Waals surface area contributed by atoms with E-state index < -0.39 is 0 Å². The van der Waals surface area contributed by atoms with Gasteiger partial charge in [-0.3, -0.25) is 4.99 Å². The van der Waals surface area contributed by atoms with Crippen LogP contribution in [-0.2, 0) is 12.8 Å². The summed E-state index contributed by atoms with van der Waals surface area (Å²) in [5.74, 6) is 1.97. The monoisotopic (exact) mass is 549 g/mol. The number of aliphatic imine (C=N–C) groups is 1. The lowest BCUT2D eigenvalue weighted by Gasteiger charge is -2.16. The fourth-order valence-corrected chi connectivity index (χ4v) is 4.87. The highest BCUT2D eigenvalue weighted by Gasteiger charge is 2.23. The van der Waals surface area contributed by atoms with Crippen molar-refractivity contribution >= 4 is 53.0 Å². The largest absolute Gasteiger partial charge is 0.356 e. The van der Waals surface area contributed by atoms with Crippen molar-refractivity contribution in [2.75, 3.05) is 26.4 Å². The summed E-state index contributed by atoms with van der Waals surface area (Å²) < 4.78 is 2.39. The lowest BCUT2D eigenvalue weighted by Crippen LogP contribution is -2.38. The molecule has 0 saturated heterocycles. The normalized spacial score (nSPS) is 14.8. The highest BCUT2D eigenvalue weighted by Crippen LogP contribution is 2.33. The number of nitrogens with one attached hydrogen (secondary N) is 2. The Balaban J connectivity index is 0.00000300. The highest BCUT2D eigenvalue weighted by molar-refractivity contribution is 14.0. The third-order valence-electron chi connectivity index (χ3n) is 5.04. The molecule has 1 saturated carbocycles. The number of aromatic nitrogens is 4. The molecule has 1 aliphatic rings. The number of rotatable bonds is 9. The number of aryl methyl sites for hydroxylation is 2. The van der Waals surface area contributed by atoms with Gasteiger partial charge in [0.05, 0.1) is 10.7 Å². The minimum absolute atomic E-state index is 0. The quantitative estimate of drug-likeness (QED) is 0.163. The predicted octanol–water partition coefficient (Wildman–Crippen LogP) is 3.84. The first kappa shape index (κ1) is 24.4. The third-order valence-corrected chi connectivity index (χ3v) is 6.51. The molecule has 0 aliphatic heterocycles. The van der Waals surface area contributed by atoms with Gasteiger partial charge >= 0.3 is 0 Å². The first-order chi connectivity index (χ1) is 13.7. The van der Waals surface area contributed by atoms with E-state index in [0.717, 1.165) is 60.0 Å². The van der Waals surface area contributed by atoms with Crippen LogP contribution in [0.25, 0.3) is 0 Å². The van der Waals surface area contributed by atoms with Crippen molar-refractivity contribution in [2.45, 2.75) is 63.1 Å². The van der Waals surface area contributed by atoms with Crippen LogP contribution in [0.4, 0.5) is 0 Å². The van der Waals surface area contributed by atoms with Gasteiger partial charge in [-0.25, -0.2) is 4.98 Å². The maximum absolute atomic E-state index is 4.49. The minimum atomic E-state index is 0. The Bertz CT molecular complexity index is 768. The summed E-state index contributed by atoms with van der Waals surface area (Å²) in [5.41, 5.74) is 1.14. The first-order valence-electron chi connectivity index (χ1n) is 10.0. The van der Waals surface area contributed by atoms with Gasteiger partial charge in [0.1, 0.15) is 5.82 Å². The van der Waals surface area contributed by atoms with E-state index in [1.807, 2.05) is 14.0 Å². The zero-order chi connectivity index (χ0) is 19.8. The van der Waals surface area contributed by atoms with E-state index in [0.29, 0.717) is 6.04 Å². The van der Waals surface area contributed by atoms with E-state index >= 15 is 0 Å². The Morgan fingerprint density at radius 2 is 2.00 bits per heavy atom. The average Bonchev–Trinajstić information content (AvgIpc) is 3.44. The van der Waals surface area contributed by atoms with E-state index in [1.54, 1.807) is 23.1 Å². The van der Waals surface area contributed by atoms with Crippen LogP contribution in [0.2, 0.25) is 0 Å². The summed E-state index contributed by atoms with van der Waals surface area (Å²) in [5, 5.41) is 19.9. The Hall–Kier alpha value is -0.880. The van der Waals surface area contributed by atoms with Crippen molar-refractivity contribution in [1.29, 1.82) is 0 Å². The standard InChI is InChI=1S/C19H31N7S2.HI/c1-14-23-15(13-28-14)10-12-22-18(20-2)21-11-6-9-17-24-25-19(27-3)26(17)16-7-4-5-8-16;/h13,16H,4-12H2,1-3H3,(H2,20,21,22);1H. The van der Waals surface area contributed by atoms with Crippen LogP contribution in [0, 0.1) is 6.92 Å². The topological polar surface area (TPSA) is 80.0 Å². The number of thiazole rings is 1. The summed E-state index contributed by atoms with van der Waals surface area (Å²) in [6.45, 7) is 3.73. The van der Waals surface area contributed by atoms with Gasteiger partial charge in [0.15, 0.2) is 11.1 Å². The van der Waals surface area contributed by atoms with Gasteiger partial charge < -0.3 is 15.2 Å². The van der Waals surface area contributed by atoms with Gasteiger partial charge in [0, 0.05) is 44.4 Å². The van der Waals surface area contributed by atoms with E-state index in [9.17, 15) is 0 Å². The molecule has 0 amide bonds. The van der Waals surface area contributed by atoms with Gasteiger partial charge in [-0.15, -0.1) is 45.5 Å². The van der Waals surface area contributed by atoms with Gasteiger partial charge in [-0.1, -0.05) is 24.6 Å². The second kappa shape index (κ2) is 12.7. The Morgan fingerprint density at radius 3 is 2.66 bits per heavy atom. The molecule has 1 fully saturated rings. The van der Waals surface area contributed by atoms with Crippen molar-refractivity contribution in [1.82, 2.24) is 30.4 Å². The van der Waals surface area contributed by atoms with Crippen LogP contribution in [-0.4, -0.2) is 52.1 Å². The molecule has 0 unspecified atom stereocenters. The molecule has 2 aromatic heterocycles. The molecule has 1 aliphatic carbocycles. The molecule has 7 nitrogen and oxygen atoms in total. The SMILES string of the molecule is CN=C(NCCCc1nnc(SC)n1C1CCCC1)NCCc1csc(C)n1.I. The maximum atomic E-state index is 4.49. The van der Waals surface area contributed by atoms with Crippen LogP contribution < -0.4 is 10.6 Å². The Kier molecular flexibility index (Phi) is 10.7. The molecule has 2 heterocycles. The highest BCUT2D eigenvalue weighted by atomic mass is 127. The van der Waals surface area contributed by atoms with Crippen molar-refractivity contribution in [3.63, 3.8) is 0 Å². The molecule has 0 bridgehead atoms. The maximum Gasteiger partial charge on any atom is 0.191 e. The number of thioether (sulfide) groups is 1. The smallest absolute Gasteiger partial charge is 0.191 e. The van der Waals surface area contributed by atoms with Crippen LogP contribution in [0.5, 0.6) is 0 Å². The van der Waals surface area contributed by atoms with Crippen LogP contribution in [0.15, 0.2) is 15.5 Å². The third kappa shape index (κ3) is 7.09. The lowest BCUT2D eigenvalue weighted by atomic mass is 10.2. The summed E-state index contributed by atoms with van der Waals surface area (Å²) in [7, 11) is 1.81. The molecule has 0 atom stereocenters. The molecule has 162 valence electrons. The molecule has 2 N–H and O–H groups in total. The molecule has 10 heteroatoms. The molecule has 29 heavy (non-hydrogen) atoms. The number of guanidine groups is 1. The summed E-state index contributed by atoms with van der Waals surface area (Å²) in [4.78, 5) is 8.80. The van der Waals surface area contributed by atoms with Gasteiger partial charge in [-0.2, -0.15) is 0 Å². The Morgan fingerprint density at radius 1 is 1.24 bits per heavy atom. The fourth-order valence-electron chi connectivity index (χ4n) is 3.65. The molecular weight excluding hydrogens is 517 g/mol. The number of halogens is 1. The summed E-state index contributed by atoms with van der Waals surface area (Å²) in [6.07, 6.45) is 10.1. The van der Waals surface area contributed by atoms with Crippen LogP contribution in [0.1, 0.15) is 54.7 Å². The van der Waals surface area contributed by atoms with Crippen molar-refractivity contribution in [2.24, 2.45) is 4.99 Å². The number of hydrogen-bond donors (Lipinski definition) is 2. The van der Waals surface area contributed by atoms with Crippen molar-refractivity contribution < 1.29 is 0 Å². The van der Waals surface area contributed by atoms with E-state index in [1.165, 1.54) is 25.7 Å². The van der Waals surface area contributed by atoms with Crippen molar-refractivity contribution in [3.8, 4) is 0 Å². The number of nitrogens with zero attached hydrogens (tertiary/aromatic N) is 5. The Labute approximate surface area is 199 Å². The average molecular weight is 550 g/mol.